The second-order valence-corrected chi connectivity index (χ2v) is 7.23. The molecule has 0 bridgehead atoms. The number of Topliss-reactive ketones (excluding diaryl/α,β-unsaturated/α-hetero) is 1. The van der Waals surface area contributed by atoms with Crippen LogP contribution in [0, 0.1) is 5.92 Å². The lowest BCUT2D eigenvalue weighted by atomic mass is 10.0. The predicted octanol–water partition coefficient (Wildman–Crippen LogP) is 3.19. The summed E-state index contributed by atoms with van der Waals surface area (Å²) in [5.41, 5.74) is 1.26. The van der Waals surface area contributed by atoms with Crippen LogP contribution in [-0.2, 0) is 20.7 Å². The zero-order valence-electron chi connectivity index (χ0n) is 17.0. The van der Waals surface area contributed by atoms with Crippen molar-refractivity contribution in [3.8, 4) is 5.75 Å². The molecule has 0 radical (unpaired) electrons. The number of esters is 1. The molecule has 0 spiro atoms. The van der Waals surface area contributed by atoms with Gasteiger partial charge >= 0.3 is 5.97 Å². The van der Waals surface area contributed by atoms with Gasteiger partial charge in [0, 0.05) is 0 Å². The molecule has 2 aromatic carbocycles. The molecule has 1 atom stereocenters. The first-order chi connectivity index (χ1) is 13.8. The Kier molecular flexibility index (Phi) is 8.40. The van der Waals surface area contributed by atoms with Gasteiger partial charge in [0.1, 0.15) is 5.75 Å². The minimum absolute atomic E-state index is 0.162. The summed E-state index contributed by atoms with van der Waals surface area (Å²) in [5.74, 6) is -0.230. The molecule has 29 heavy (non-hydrogen) atoms. The van der Waals surface area contributed by atoms with Crippen molar-refractivity contribution >= 4 is 17.7 Å². The summed E-state index contributed by atoms with van der Waals surface area (Å²) in [7, 11) is 0. The molecule has 0 heterocycles. The molecule has 1 amide bonds. The van der Waals surface area contributed by atoms with Gasteiger partial charge in [-0.15, -0.1) is 0 Å². The molecule has 6 nitrogen and oxygen atoms in total. The highest BCUT2D eigenvalue weighted by atomic mass is 16.5. The molecule has 6 heteroatoms. The number of ketones is 1. The van der Waals surface area contributed by atoms with E-state index in [9.17, 15) is 14.4 Å². The molecule has 2 aromatic rings. The quantitative estimate of drug-likeness (QED) is 0.623. The normalized spacial score (nSPS) is 11.6. The first kappa shape index (κ1) is 22.1. The van der Waals surface area contributed by atoms with Crippen molar-refractivity contribution in [2.75, 3.05) is 13.2 Å². The number of carbonyl (C=O) groups excluding carboxylic acids is 3. The Morgan fingerprint density at radius 1 is 0.966 bits per heavy atom. The van der Waals surface area contributed by atoms with Gasteiger partial charge in [0.2, 0.25) is 0 Å². The summed E-state index contributed by atoms with van der Waals surface area (Å²) in [6.07, 6.45) is 0.383. The lowest BCUT2D eigenvalue weighted by Gasteiger charge is -2.16. The lowest BCUT2D eigenvalue weighted by molar-refractivity contribution is -0.128. The number of rotatable bonds is 10. The Morgan fingerprint density at radius 2 is 1.62 bits per heavy atom. The van der Waals surface area contributed by atoms with Crippen molar-refractivity contribution in [2.24, 2.45) is 5.92 Å². The maximum absolute atomic E-state index is 12.1. The topological polar surface area (TPSA) is 81.7 Å². The summed E-state index contributed by atoms with van der Waals surface area (Å²) < 4.78 is 10.6. The molecule has 2 rings (SSSR count). The van der Waals surface area contributed by atoms with Crippen LogP contribution in [0.25, 0.3) is 0 Å². The molecule has 0 saturated heterocycles. The molecule has 0 aliphatic rings. The number of hydrogen-bond acceptors (Lipinski definition) is 5. The molecule has 0 unspecified atom stereocenters. The van der Waals surface area contributed by atoms with Gasteiger partial charge in [-0.2, -0.15) is 0 Å². The average molecular weight is 397 g/mol. The number of benzene rings is 2. The van der Waals surface area contributed by atoms with E-state index in [4.69, 9.17) is 9.47 Å². The molecule has 0 aromatic heterocycles. The number of ether oxygens (including phenoxy) is 2. The monoisotopic (exact) mass is 397 g/mol. The van der Waals surface area contributed by atoms with Crippen molar-refractivity contribution in [2.45, 2.75) is 33.2 Å². The molecular formula is C23H27NO5. The smallest absolute Gasteiger partial charge is 0.338 e. The Morgan fingerprint density at radius 3 is 2.21 bits per heavy atom. The summed E-state index contributed by atoms with van der Waals surface area (Å²) >= 11 is 0. The van der Waals surface area contributed by atoms with Crippen molar-refractivity contribution in [1.29, 1.82) is 0 Å². The van der Waals surface area contributed by atoms with E-state index in [2.05, 4.69) is 5.32 Å². The van der Waals surface area contributed by atoms with Crippen LogP contribution in [0.3, 0.4) is 0 Å². The maximum Gasteiger partial charge on any atom is 0.338 e. The van der Waals surface area contributed by atoms with Crippen molar-refractivity contribution < 1.29 is 23.9 Å². The van der Waals surface area contributed by atoms with E-state index in [1.165, 1.54) is 6.92 Å². The zero-order valence-corrected chi connectivity index (χ0v) is 17.0. The zero-order chi connectivity index (χ0) is 21.2. The van der Waals surface area contributed by atoms with Crippen LogP contribution in [0.5, 0.6) is 5.75 Å². The Hall–Kier alpha value is -3.15. The largest absolute Gasteiger partial charge is 0.493 e. The van der Waals surface area contributed by atoms with Crippen LogP contribution in [0.15, 0.2) is 54.6 Å². The second kappa shape index (κ2) is 11.0. The maximum atomic E-state index is 12.1. The molecular weight excluding hydrogens is 370 g/mol. The van der Waals surface area contributed by atoms with Crippen LogP contribution >= 0.6 is 0 Å². The van der Waals surface area contributed by atoms with Gasteiger partial charge < -0.3 is 14.8 Å². The van der Waals surface area contributed by atoms with Gasteiger partial charge in [0.05, 0.1) is 18.2 Å². The van der Waals surface area contributed by atoms with Crippen LogP contribution in [0.1, 0.15) is 36.7 Å². The summed E-state index contributed by atoms with van der Waals surface area (Å²) in [5, 5.41) is 2.62. The highest BCUT2D eigenvalue weighted by Gasteiger charge is 2.19. The average Bonchev–Trinajstić information content (AvgIpc) is 2.71. The molecule has 0 aliphatic carbocycles. The Balaban J connectivity index is 1.83. The summed E-state index contributed by atoms with van der Waals surface area (Å²) in [6, 6.07) is 15.3. The van der Waals surface area contributed by atoms with Gasteiger partial charge in [-0.25, -0.2) is 4.79 Å². The van der Waals surface area contributed by atoms with E-state index in [0.29, 0.717) is 30.3 Å². The standard InChI is InChI=1S/C23H27NO5/c1-16(2)14-28-20-11-9-19(10-12-20)23(27)29-15-22(26)24-21(17(3)25)13-18-7-5-4-6-8-18/h4-12,16,21H,13-15H2,1-3H3,(H,24,26)/t21-/m1/s1. The SMILES string of the molecule is CC(=O)[C@@H](Cc1ccccc1)NC(=O)COC(=O)c1ccc(OCC(C)C)cc1. The first-order valence-corrected chi connectivity index (χ1v) is 9.59. The molecule has 154 valence electrons. The Bertz CT molecular complexity index is 815. The van der Waals surface area contributed by atoms with Crippen molar-refractivity contribution in [3.05, 3.63) is 65.7 Å². The van der Waals surface area contributed by atoms with Crippen molar-refractivity contribution in [1.82, 2.24) is 5.32 Å². The van der Waals surface area contributed by atoms with Gasteiger partial charge in [-0.3, -0.25) is 9.59 Å². The molecule has 0 saturated carbocycles. The fraction of sp³-hybridized carbons (Fsp3) is 0.348. The minimum atomic E-state index is -0.666. The number of hydrogen-bond donors (Lipinski definition) is 1. The van der Waals surface area contributed by atoms with E-state index in [1.807, 2.05) is 44.2 Å². The number of nitrogens with one attached hydrogen (secondary N) is 1. The molecule has 1 N–H and O–H groups in total. The van der Waals surface area contributed by atoms with E-state index in [1.54, 1.807) is 24.3 Å². The van der Waals surface area contributed by atoms with Gasteiger partial charge in [0.25, 0.3) is 5.91 Å². The number of carbonyl (C=O) groups is 3. The highest BCUT2D eigenvalue weighted by molar-refractivity contribution is 5.92. The minimum Gasteiger partial charge on any atom is -0.493 e. The van der Waals surface area contributed by atoms with Gasteiger partial charge in [-0.1, -0.05) is 44.2 Å². The highest BCUT2D eigenvalue weighted by Crippen LogP contribution is 2.14. The summed E-state index contributed by atoms with van der Waals surface area (Å²) in [6.45, 7) is 5.65. The third-order valence-corrected chi connectivity index (χ3v) is 4.12. The van der Waals surface area contributed by atoms with E-state index < -0.39 is 24.5 Å². The fourth-order valence-electron chi connectivity index (χ4n) is 2.55. The van der Waals surface area contributed by atoms with Crippen LogP contribution < -0.4 is 10.1 Å². The molecule has 0 aliphatic heterocycles. The first-order valence-electron chi connectivity index (χ1n) is 9.59. The third kappa shape index (κ3) is 7.78. The lowest BCUT2D eigenvalue weighted by Crippen LogP contribution is -2.43. The van der Waals surface area contributed by atoms with Gasteiger partial charge in [-0.05, 0) is 49.1 Å². The van der Waals surface area contributed by atoms with E-state index in [0.717, 1.165) is 5.56 Å². The predicted molar refractivity (Wildman–Crippen MR) is 110 cm³/mol. The van der Waals surface area contributed by atoms with Crippen LogP contribution in [0.2, 0.25) is 0 Å². The van der Waals surface area contributed by atoms with Gasteiger partial charge in [0.15, 0.2) is 12.4 Å². The van der Waals surface area contributed by atoms with E-state index in [-0.39, 0.29) is 5.78 Å². The van der Waals surface area contributed by atoms with Crippen LogP contribution in [0.4, 0.5) is 0 Å². The van der Waals surface area contributed by atoms with E-state index >= 15 is 0 Å². The Labute approximate surface area is 171 Å². The third-order valence-electron chi connectivity index (χ3n) is 4.12. The number of amides is 1. The summed E-state index contributed by atoms with van der Waals surface area (Å²) in [4.78, 5) is 36.1. The molecule has 0 fully saturated rings. The fourth-order valence-corrected chi connectivity index (χ4v) is 2.55. The van der Waals surface area contributed by atoms with Crippen LogP contribution in [-0.4, -0.2) is 36.9 Å². The second-order valence-electron chi connectivity index (χ2n) is 7.23. The van der Waals surface area contributed by atoms with Crippen molar-refractivity contribution in [3.63, 3.8) is 0 Å².